The largest absolute Gasteiger partial charge is 0.412 e. The molecule has 1 aromatic rings. The first kappa shape index (κ1) is 35.5. The van der Waals surface area contributed by atoms with Crippen LogP contribution >= 0.6 is 22.6 Å². The van der Waals surface area contributed by atoms with Crippen molar-refractivity contribution < 1.29 is 23.4 Å². The van der Waals surface area contributed by atoms with Gasteiger partial charge in [0.1, 0.15) is 6.73 Å². The minimum Gasteiger partial charge on any atom is -0.412 e. The molecule has 9 heteroatoms. The van der Waals surface area contributed by atoms with E-state index < -0.39 is 22.7 Å². The third kappa shape index (κ3) is 10.4. The van der Waals surface area contributed by atoms with Gasteiger partial charge < -0.3 is 18.6 Å². The number of halogens is 1. The monoisotopic (exact) mass is 677 g/mol. The molecule has 0 aliphatic heterocycles. The minimum atomic E-state index is -2.08. The van der Waals surface area contributed by atoms with Crippen LogP contribution < -0.4 is 4.90 Å². The quantitative estimate of drug-likeness (QED) is 0.0549. The van der Waals surface area contributed by atoms with E-state index in [2.05, 4.69) is 83.8 Å². The van der Waals surface area contributed by atoms with Gasteiger partial charge in [-0.25, -0.2) is 0 Å². The van der Waals surface area contributed by atoms with E-state index in [1.165, 1.54) is 0 Å². The fourth-order valence-corrected chi connectivity index (χ4v) is 11.9. The van der Waals surface area contributed by atoms with Crippen molar-refractivity contribution in [2.45, 2.75) is 96.6 Å². The van der Waals surface area contributed by atoms with Crippen LogP contribution in [0.5, 0.6) is 0 Å². The number of amides is 1. The average Bonchev–Trinajstić information content (AvgIpc) is 2.82. The predicted octanol–water partition coefficient (Wildman–Crippen LogP) is 8.06. The number of benzene rings is 1. The third-order valence-electron chi connectivity index (χ3n) is 7.16. The Morgan fingerprint density at radius 1 is 0.974 bits per heavy atom. The van der Waals surface area contributed by atoms with E-state index in [1.54, 1.807) is 19.1 Å². The zero-order valence-electron chi connectivity index (χ0n) is 25.6. The maximum atomic E-state index is 14.1. The molecule has 0 fully saturated rings. The minimum absolute atomic E-state index is 0.115. The summed E-state index contributed by atoms with van der Waals surface area (Å²) in [7, 11) is -0.143. The van der Waals surface area contributed by atoms with Crippen LogP contribution in [0.1, 0.15) is 48.0 Å². The third-order valence-corrected chi connectivity index (χ3v) is 15.9. The first-order valence-corrected chi connectivity index (χ1v) is 20.7. The highest BCUT2D eigenvalue weighted by molar-refractivity contribution is 14.1. The highest BCUT2D eigenvalue weighted by atomic mass is 127. The molecule has 0 aromatic heterocycles. The lowest BCUT2D eigenvalue weighted by molar-refractivity contribution is -0.120. The van der Waals surface area contributed by atoms with Crippen LogP contribution in [0.15, 0.2) is 35.9 Å². The molecule has 0 heterocycles. The van der Waals surface area contributed by atoms with Gasteiger partial charge in [0.05, 0.1) is 12.3 Å². The van der Waals surface area contributed by atoms with Crippen LogP contribution in [0.4, 0.5) is 5.69 Å². The van der Waals surface area contributed by atoms with Crippen LogP contribution in [-0.2, 0) is 23.4 Å². The van der Waals surface area contributed by atoms with Crippen LogP contribution in [-0.4, -0.2) is 62.8 Å². The van der Waals surface area contributed by atoms with Crippen LogP contribution in [0.2, 0.25) is 42.3 Å². The molecule has 0 aliphatic rings. The van der Waals surface area contributed by atoms with E-state index in [9.17, 15) is 4.79 Å². The van der Waals surface area contributed by atoms with Crippen molar-refractivity contribution in [2.75, 3.05) is 39.1 Å². The van der Waals surface area contributed by atoms with Gasteiger partial charge in [0.15, 0.2) is 6.29 Å². The van der Waals surface area contributed by atoms with Gasteiger partial charge in [-0.2, -0.15) is 0 Å². The van der Waals surface area contributed by atoms with Crippen molar-refractivity contribution in [2.24, 2.45) is 0 Å². The van der Waals surface area contributed by atoms with Crippen molar-refractivity contribution in [1.82, 2.24) is 0 Å². The summed E-state index contributed by atoms with van der Waals surface area (Å²) in [5.74, 6) is -0.115. The van der Waals surface area contributed by atoms with E-state index in [-0.39, 0.29) is 12.6 Å². The van der Waals surface area contributed by atoms with Gasteiger partial charge in [-0.1, -0.05) is 79.4 Å². The summed E-state index contributed by atoms with van der Waals surface area (Å²) in [6.45, 7) is 21.8. The summed E-state index contributed by atoms with van der Waals surface area (Å²) < 4.78 is 24.8. The Labute approximate surface area is 248 Å². The van der Waals surface area contributed by atoms with E-state index in [4.69, 9.17) is 18.6 Å². The summed E-state index contributed by atoms with van der Waals surface area (Å²) in [4.78, 5) is 15.9. The van der Waals surface area contributed by atoms with Crippen molar-refractivity contribution in [3.8, 4) is 0 Å². The maximum absolute atomic E-state index is 14.1. The summed E-state index contributed by atoms with van der Waals surface area (Å²) in [6, 6.07) is 8.94. The first-order chi connectivity index (χ1) is 17.7. The number of ether oxygens (including phenoxy) is 3. The lowest BCUT2D eigenvalue weighted by Gasteiger charge is -2.42. The molecule has 1 rings (SSSR count). The summed E-state index contributed by atoms with van der Waals surface area (Å²) in [5.41, 5.74) is 2.82. The van der Waals surface area contributed by atoms with Gasteiger partial charge in [0.2, 0.25) is 8.32 Å². The molecule has 0 saturated heterocycles. The van der Waals surface area contributed by atoms with Gasteiger partial charge >= 0.3 is 0 Å². The highest BCUT2D eigenvalue weighted by Gasteiger charge is 2.44. The van der Waals surface area contributed by atoms with Gasteiger partial charge in [-0.3, -0.25) is 9.69 Å². The van der Waals surface area contributed by atoms with Crippen molar-refractivity contribution >= 4 is 50.6 Å². The molecule has 1 aromatic carbocycles. The van der Waals surface area contributed by atoms with E-state index in [0.717, 1.165) is 15.3 Å². The molecule has 0 atom stereocenters. The molecular formula is C29H52INO5Si2. The van der Waals surface area contributed by atoms with Gasteiger partial charge in [0.25, 0.3) is 5.91 Å². The van der Waals surface area contributed by atoms with Crippen molar-refractivity contribution in [1.29, 1.82) is 0 Å². The standard InChI is InChI=1S/C29H52INO5Si2/c1-22(2)38(23(3)4,24(5)6)36-17-16-25(20-28(33-7)34-8)29(32)31(21-35-18-19-37(9,10)11)27-15-13-12-14-26(27)30/h12-16,22-24,28H,17-21H2,1-11H3/b25-16-. The zero-order chi connectivity index (χ0) is 29.1. The fourth-order valence-electron chi connectivity index (χ4n) is 5.10. The van der Waals surface area contributed by atoms with Crippen LogP contribution in [0.25, 0.3) is 0 Å². The molecule has 6 nitrogen and oxygen atoms in total. The normalized spacial score (nSPS) is 13.3. The lowest BCUT2D eigenvalue weighted by atomic mass is 10.1. The number of carbonyl (C=O) groups is 1. The highest BCUT2D eigenvalue weighted by Crippen LogP contribution is 2.42. The molecule has 0 saturated carbocycles. The molecule has 218 valence electrons. The lowest BCUT2D eigenvalue weighted by Crippen LogP contribution is -2.47. The number of para-hydroxylation sites is 1. The molecular weight excluding hydrogens is 625 g/mol. The zero-order valence-corrected chi connectivity index (χ0v) is 29.8. The Morgan fingerprint density at radius 3 is 2.00 bits per heavy atom. The number of hydrogen-bond donors (Lipinski definition) is 0. The second-order valence-electron chi connectivity index (χ2n) is 12.0. The molecule has 0 spiro atoms. The van der Waals surface area contributed by atoms with Crippen molar-refractivity contribution in [3.63, 3.8) is 0 Å². The second-order valence-corrected chi connectivity index (χ2v) is 24.2. The molecule has 1 amide bonds. The SMILES string of the molecule is COC(C/C(=C/CO[Si](C(C)C)(C(C)C)C(C)C)C(=O)N(COCC[Si](C)(C)C)c1ccccc1I)OC. The number of carbonyl (C=O) groups excluding carboxylic acids is 1. The maximum Gasteiger partial charge on any atom is 0.256 e. The molecule has 38 heavy (non-hydrogen) atoms. The van der Waals surface area contributed by atoms with E-state index >= 15 is 0 Å². The molecule has 0 aliphatic carbocycles. The predicted molar refractivity (Wildman–Crippen MR) is 173 cm³/mol. The Morgan fingerprint density at radius 2 is 1.53 bits per heavy atom. The Balaban J connectivity index is 3.37. The number of anilines is 1. The van der Waals surface area contributed by atoms with Gasteiger partial charge in [-0.15, -0.1) is 0 Å². The second kappa shape index (κ2) is 16.6. The number of hydrogen-bond acceptors (Lipinski definition) is 5. The summed E-state index contributed by atoms with van der Waals surface area (Å²) in [5, 5.41) is 0. The topological polar surface area (TPSA) is 57.2 Å². The number of rotatable bonds is 17. The van der Waals surface area contributed by atoms with Gasteiger partial charge in [0, 0.05) is 44.5 Å². The van der Waals surface area contributed by atoms with Crippen LogP contribution in [0.3, 0.4) is 0 Å². The van der Waals surface area contributed by atoms with Gasteiger partial charge in [-0.05, 0) is 57.4 Å². The molecule has 0 unspecified atom stereocenters. The Bertz CT molecular complexity index is 860. The van der Waals surface area contributed by atoms with E-state index in [1.807, 2.05) is 30.3 Å². The Hall–Kier alpha value is -0.566. The van der Waals surface area contributed by atoms with E-state index in [0.29, 0.717) is 41.8 Å². The fraction of sp³-hybridized carbons (Fsp3) is 0.690. The number of nitrogens with zero attached hydrogens (tertiary/aromatic N) is 1. The molecule has 0 N–H and O–H groups in total. The smallest absolute Gasteiger partial charge is 0.256 e. The number of methoxy groups -OCH3 is 2. The summed E-state index contributed by atoms with van der Waals surface area (Å²) in [6.07, 6.45) is 1.73. The molecule has 0 radical (unpaired) electrons. The summed E-state index contributed by atoms with van der Waals surface area (Å²) >= 11 is 2.28. The Kier molecular flexibility index (Phi) is 15.5. The van der Waals surface area contributed by atoms with Crippen molar-refractivity contribution in [3.05, 3.63) is 39.5 Å². The first-order valence-electron chi connectivity index (χ1n) is 13.7. The molecule has 0 bridgehead atoms. The van der Waals surface area contributed by atoms with Crippen LogP contribution in [0, 0.1) is 3.57 Å². The average molecular weight is 678 g/mol.